The lowest BCUT2D eigenvalue weighted by Gasteiger charge is -2.23. The van der Waals surface area contributed by atoms with Gasteiger partial charge in [-0.25, -0.2) is 14.2 Å². The molecule has 4 aromatic rings. The molecule has 0 aliphatic carbocycles. The maximum atomic E-state index is 13.7. The number of aromatic amines is 1. The first-order valence-corrected chi connectivity index (χ1v) is 10.4. The first-order valence-electron chi connectivity index (χ1n) is 10.4. The number of aromatic hydroxyl groups is 1. The number of alkyl carbamates (subject to hydrolysis) is 1. The second kappa shape index (κ2) is 8.85. The number of rotatable bonds is 5. The number of carbonyl (C=O) groups excluding carboxylic acids is 1. The quantitative estimate of drug-likeness (QED) is 0.408. The number of aromatic nitrogens is 4. The zero-order valence-corrected chi connectivity index (χ0v) is 18.5. The van der Waals surface area contributed by atoms with Crippen molar-refractivity contribution < 1.29 is 19.0 Å². The van der Waals surface area contributed by atoms with Crippen LogP contribution in [0.2, 0.25) is 0 Å². The zero-order chi connectivity index (χ0) is 23.6. The predicted molar refractivity (Wildman–Crippen MR) is 121 cm³/mol. The van der Waals surface area contributed by atoms with E-state index in [1.165, 1.54) is 12.1 Å². The van der Waals surface area contributed by atoms with Crippen LogP contribution < -0.4 is 5.32 Å². The second-order valence-electron chi connectivity index (χ2n) is 8.66. The van der Waals surface area contributed by atoms with Crippen molar-refractivity contribution in [2.45, 2.75) is 38.8 Å². The van der Waals surface area contributed by atoms with E-state index in [9.17, 15) is 14.3 Å². The Labute approximate surface area is 189 Å². The smallest absolute Gasteiger partial charge is 0.408 e. The monoisotopic (exact) mass is 449 g/mol. The van der Waals surface area contributed by atoms with E-state index in [0.717, 1.165) is 11.1 Å². The molecule has 0 spiro atoms. The molecule has 2 aromatic heterocycles. The van der Waals surface area contributed by atoms with Crippen molar-refractivity contribution >= 4 is 17.0 Å². The molecule has 4 rings (SSSR count). The van der Waals surface area contributed by atoms with Gasteiger partial charge in [0.2, 0.25) is 5.88 Å². The van der Waals surface area contributed by atoms with Crippen molar-refractivity contribution in [2.24, 2.45) is 0 Å². The molecule has 1 amide bonds. The number of nitrogens with one attached hydrogen (secondary N) is 2. The molecule has 0 aliphatic heterocycles. The van der Waals surface area contributed by atoms with E-state index in [1.54, 1.807) is 57.4 Å². The SMILES string of the molecule is CC(C)(C)OC(=O)N[C@H](Cc1cccc(F)c1)c1nc(O)c2cc(-c3cn[nH]c3)ccc2n1. The molecule has 3 N–H and O–H groups in total. The number of carbonyl (C=O) groups is 1. The predicted octanol–water partition coefficient (Wildman–Crippen LogP) is 4.67. The Balaban J connectivity index is 1.70. The van der Waals surface area contributed by atoms with Gasteiger partial charge in [0, 0.05) is 18.2 Å². The average molecular weight is 449 g/mol. The summed E-state index contributed by atoms with van der Waals surface area (Å²) in [5.74, 6) is -0.431. The molecule has 2 heterocycles. The fourth-order valence-corrected chi connectivity index (χ4v) is 3.43. The molecule has 2 aromatic carbocycles. The van der Waals surface area contributed by atoms with Crippen LogP contribution in [0.25, 0.3) is 22.0 Å². The van der Waals surface area contributed by atoms with Crippen LogP contribution in [-0.2, 0) is 11.2 Å². The van der Waals surface area contributed by atoms with Crippen molar-refractivity contribution in [3.63, 3.8) is 0 Å². The van der Waals surface area contributed by atoms with Gasteiger partial charge in [0.15, 0.2) is 5.82 Å². The molecule has 0 bridgehead atoms. The normalized spacial score (nSPS) is 12.5. The standard InChI is InChI=1S/C24H24FN5O3/c1-24(2,3)33-23(32)29-20(10-14-5-4-6-17(25)9-14)21-28-19-8-7-15(16-12-26-27-13-16)11-18(19)22(31)30-21/h4-9,11-13,20H,10H2,1-3H3,(H,26,27)(H,29,32)(H,28,30,31)/t20-/m1/s1. The van der Waals surface area contributed by atoms with Crippen molar-refractivity contribution in [2.75, 3.05) is 0 Å². The van der Waals surface area contributed by atoms with Gasteiger partial charge in [0.05, 0.1) is 23.1 Å². The minimum Gasteiger partial charge on any atom is -0.493 e. The van der Waals surface area contributed by atoms with Gasteiger partial charge in [-0.05, 0) is 56.2 Å². The average Bonchev–Trinajstić information content (AvgIpc) is 3.26. The summed E-state index contributed by atoms with van der Waals surface area (Å²) in [6.45, 7) is 5.26. The second-order valence-corrected chi connectivity index (χ2v) is 8.66. The number of amides is 1. The minimum absolute atomic E-state index is 0.186. The lowest BCUT2D eigenvalue weighted by atomic mass is 10.0. The van der Waals surface area contributed by atoms with Gasteiger partial charge < -0.3 is 15.2 Å². The van der Waals surface area contributed by atoms with Gasteiger partial charge in [-0.1, -0.05) is 18.2 Å². The third kappa shape index (κ3) is 5.43. The third-order valence-electron chi connectivity index (χ3n) is 4.86. The van der Waals surface area contributed by atoms with Crippen LogP contribution in [0.15, 0.2) is 54.9 Å². The highest BCUT2D eigenvalue weighted by Crippen LogP contribution is 2.29. The summed E-state index contributed by atoms with van der Waals surface area (Å²) in [5.41, 5.74) is 2.13. The Hall–Kier alpha value is -4.01. The molecule has 0 fully saturated rings. The minimum atomic E-state index is -0.759. The molecule has 9 heteroatoms. The van der Waals surface area contributed by atoms with Crippen LogP contribution in [0.3, 0.4) is 0 Å². The van der Waals surface area contributed by atoms with E-state index >= 15 is 0 Å². The third-order valence-corrected chi connectivity index (χ3v) is 4.86. The fraction of sp³-hybridized carbons (Fsp3) is 0.250. The van der Waals surface area contributed by atoms with Crippen LogP contribution in [-0.4, -0.2) is 37.0 Å². The van der Waals surface area contributed by atoms with Gasteiger partial charge >= 0.3 is 6.09 Å². The van der Waals surface area contributed by atoms with Crippen molar-refractivity contribution in [3.8, 4) is 17.0 Å². The highest BCUT2D eigenvalue weighted by molar-refractivity contribution is 5.88. The summed E-state index contributed by atoms with van der Waals surface area (Å²) in [6, 6.07) is 10.7. The highest BCUT2D eigenvalue weighted by atomic mass is 19.1. The maximum absolute atomic E-state index is 13.7. The number of nitrogens with zero attached hydrogens (tertiary/aromatic N) is 3. The van der Waals surface area contributed by atoms with E-state index in [4.69, 9.17) is 4.74 Å². The summed E-state index contributed by atoms with van der Waals surface area (Å²) in [6.07, 6.45) is 2.96. The Morgan fingerprint density at radius 1 is 1.18 bits per heavy atom. The Kier molecular flexibility index (Phi) is 5.95. The number of fused-ring (bicyclic) bond motifs is 1. The van der Waals surface area contributed by atoms with Crippen molar-refractivity contribution in [1.82, 2.24) is 25.5 Å². The van der Waals surface area contributed by atoms with Gasteiger partial charge in [-0.15, -0.1) is 0 Å². The molecule has 33 heavy (non-hydrogen) atoms. The number of halogens is 1. The molecule has 8 nitrogen and oxygen atoms in total. The topological polar surface area (TPSA) is 113 Å². The summed E-state index contributed by atoms with van der Waals surface area (Å²) in [5, 5.41) is 20.6. The first kappa shape index (κ1) is 22.2. The van der Waals surface area contributed by atoms with Gasteiger partial charge in [0.25, 0.3) is 0 Å². The number of hydrogen-bond donors (Lipinski definition) is 3. The lowest BCUT2D eigenvalue weighted by molar-refractivity contribution is 0.0501. The van der Waals surface area contributed by atoms with Crippen LogP contribution in [0, 0.1) is 5.82 Å². The van der Waals surface area contributed by atoms with E-state index in [2.05, 4.69) is 25.5 Å². The van der Waals surface area contributed by atoms with E-state index in [0.29, 0.717) is 16.5 Å². The molecular formula is C24H24FN5O3. The number of H-pyrrole nitrogens is 1. The van der Waals surface area contributed by atoms with Gasteiger partial charge in [-0.2, -0.15) is 10.1 Å². The molecule has 0 unspecified atom stereocenters. The molecule has 0 saturated heterocycles. The summed E-state index contributed by atoms with van der Waals surface area (Å²) < 4.78 is 19.1. The summed E-state index contributed by atoms with van der Waals surface area (Å²) >= 11 is 0. The van der Waals surface area contributed by atoms with Gasteiger partial charge in [-0.3, -0.25) is 5.10 Å². The number of benzene rings is 2. The Morgan fingerprint density at radius 2 is 2.00 bits per heavy atom. The fourth-order valence-electron chi connectivity index (χ4n) is 3.43. The van der Waals surface area contributed by atoms with Gasteiger partial charge in [0.1, 0.15) is 11.4 Å². The van der Waals surface area contributed by atoms with E-state index in [1.807, 2.05) is 6.07 Å². The van der Waals surface area contributed by atoms with Crippen LogP contribution in [0.4, 0.5) is 9.18 Å². The van der Waals surface area contributed by atoms with Crippen LogP contribution in [0.1, 0.15) is 38.2 Å². The van der Waals surface area contributed by atoms with Crippen LogP contribution in [0.5, 0.6) is 5.88 Å². The Bertz CT molecular complexity index is 1290. The summed E-state index contributed by atoms with van der Waals surface area (Å²) in [7, 11) is 0. The maximum Gasteiger partial charge on any atom is 0.408 e. The zero-order valence-electron chi connectivity index (χ0n) is 18.5. The Morgan fingerprint density at radius 3 is 2.70 bits per heavy atom. The summed E-state index contributed by atoms with van der Waals surface area (Å²) in [4.78, 5) is 21.3. The molecule has 0 radical (unpaired) electrons. The molecular weight excluding hydrogens is 425 g/mol. The lowest BCUT2D eigenvalue weighted by Crippen LogP contribution is -2.36. The number of hydrogen-bond acceptors (Lipinski definition) is 6. The van der Waals surface area contributed by atoms with E-state index in [-0.39, 0.29) is 18.1 Å². The van der Waals surface area contributed by atoms with Crippen molar-refractivity contribution in [1.29, 1.82) is 0 Å². The highest BCUT2D eigenvalue weighted by Gasteiger charge is 2.24. The van der Waals surface area contributed by atoms with E-state index < -0.39 is 23.6 Å². The molecule has 1 atom stereocenters. The number of ether oxygens (including phenoxy) is 1. The first-order chi connectivity index (χ1) is 15.7. The molecule has 0 saturated carbocycles. The molecule has 170 valence electrons. The van der Waals surface area contributed by atoms with Crippen molar-refractivity contribution in [3.05, 3.63) is 72.1 Å². The molecule has 0 aliphatic rings. The largest absolute Gasteiger partial charge is 0.493 e. The van der Waals surface area contributed by atoms with Crippen LogP contribution >= 0.6 is 0 Å².